The summed E-state index contributed by atoms with van der Waals surface area (Å²) in [5, 5.41) is 0. The largest absolute Gasteiger partial charge is 0.356 e. The van der Waals surface area contributed by atoms with E-state index in [9.17, 15) is 0 Å². The predicted octanol–water partition coefficient (Wildman–Crippen LogP) is 1.85. The first-order valence-electron chi connectivity index (χ1n) is 4.38. The maximum Gasteiger partial charge on any atom is 0.132 e. The van der Waals surface area contributed by atoms with Gasteiger partial charge in [-0.1, -0.05) is 0 Å². The fourth-order valence-electron chi connectivity index (χ4n) is 1.16. The van der Waals surface area contributed by atoms with E-state index in [4.69, 9.17) is 11.6 Å². The molecule has 0 N–H and O–H groups in total. The molecule has 0 aliphatic heterocycles. The maximum atomic E-state index is 5.68. The zero-order chi connectivity index (χ0) is 9.68. The number of nitrogens with zero attached hydrogens (tertiary/aromatic N) is 3. The molecule has 4 heteroatoms. The number of alkyl halides is 1. The van der Waals surface area contributed by atoms with Crippen LogP contribution in [-0.4, -0.2) is 28.9 Å². The van der Waals surface area contributed by atoms with E-state index in [1.807, 2.05) is 13.0 Å². The molecule has 1 aromatic heterocycles. The van der Waals surface area contributed by atoms with Gasteiger partial charge < -0.3 is 4.90 Å². The van der Waals surface area contributed by atoms with Crippen LogP contribution in [0, 0.1) is 6.92 Å². The highest BCUT2D eigenvalue weighted by molar-refractivity contribution is 6.18. The third-order valence-corrected chi connectivity index (χ3v) is 1.99. The van der Waals surface area contributed by atoms with Gasteiger partial charge in [0.25, 0.3) is 0 Å². The second-order valence-corrected chi connectivity index (χ2v) is 3.11. The molecule has 0 aliphatic carbocycles. The SMILES string of the molecule is CCN(CCCl)c1ccnc(C)n1. The molecule has 0 saturated heterocycles. The maximum absolute atomic E-state index is 5.68. The van der Waals surface area contributed by atoms with Crippen molar-refractivity contribution in [3.8, 4) is 0 Å². The highest BCUT2D eigenvalue weighted by Crippen LogP contribution is 2.08. The van der Waals surface area contributed by atoms with Crippen molar-refractivity contribution in [1.29, 1.82) is 0 Å². The molecule has 0 unspecified atom stereocenters. The molecule has 0 amide bonds. The van der Waals surface area contributed by atoms with Crippen molar-refractivity contribution in [3.05, 3.63) is 18.1 Å². The van der Waals surface area contributed by atoms with Crippen molar-refractivity contribution in [2.45, 2.75) is 13.8 Å². The second-order valence-electron chi connectivity index (χ2n) is 2.73. The molecule has 0 aliphatic rings. The van der Waals surface area contributed by atoms with E-state index in [2.05, 4.69) is 21.8 Å². The zero-order valence-electron chi connectivity index (χ0n) is 8.00. The van der Waals surface area contributed by atoms with Crippen LogP contribution in [0.25, 0.3) is 0 Å². The standard InChI is InChI=1S/C9H14ClN3/c1-3-13(7-5-10)9-4-6-11-8(2)12-9/h4,6H,3,5,7H2,1-2H3. The van der Waals surface area contributed by atoms with E-state index in [1.165, 1.54) is 0 Å². The summed E-state index contributed by atoms with van der Waals surface area (Å²) in [4.78, 5) is 10.5. The third-order valence-electron chi connectivity index (χ3n) is 1.82. The normalized spacial score (nSPS) is 10.1. The van der Waals surface area contributed by atoms with Crippen LogP contribution in [0.3, 0.4) is 0 Å². The van der Waals surface area contributed by atoms with Crippen LogP contribution in [0.1, 0.15) is 12.7 Å². The first kappa shape index (κ1) is 10.3. The minimum atomic E-state index is 0.622. The quantitative estimate of drug-likeness (QED) is 0.694. The lowest BCUT2D eigenvalue weighted by Crippen LogP contribution is -2.26. The lowest BCUT2D eigenvalue weighted by Gasteiger charge is -2.20. The molecule has 1 heterocycles. The summed E-state index contributed by atoms with van der Waals surface area (Å²) in [6.07, 6.45) is 1.77. The lowest BCUT2D eigenvalue weighted by molar-refractivity contribution is 0.837. The molecule has 0 saturated carbocycles. The van der Waals surface area contributed by atoms with Crippen molar-refractivity contribution in [3.63, 3.8) is 0 Å². The molecular weight excluding hydrogens is 186 g/mol. The molecular formula is C9H14ClN3. The summed E-state index contributed by atoms with van der Waals surface area (Å²) in [5.74, 6) is 2.37. The van der Waals surface area contributed by atoms with Crippen LogP contribution in [0.15, 0.2) is 12.3 Å². The number of aromatic nitrogens is 2. The average Bonchev–Trinajstić information content (AvgIpc) is 2.14. The van der Waals surface area contributed by atoms with Crippen molar-refractivity contribution in [1.82, 2.24) is 9.97 Å². The van der Waals surface area contributed by atoms with Crippen LogP contribution < -0.4 is 4.90 Å². The summed E-state index contributed by atoms with van der Waals surface area (Å²) in [7, 11) is 0. The number of aryl methyl sites for hydroxylation is 1. The first-order chi connectivity index (χ1) is 6.27. The minimum Gasteiger partial charge on any atom is -0.356 e. The molecule has 0 spiro atoms. The molecule has 3 nitrogen and oxygen atoms in total. The number of rotatable bonds is 4. The second kappa shape index (κ2) is 5.02. The Kier molecular flexibility index (Phi) is 3.96. The fourth-order valence-corrected chi connectivity index (χ4v) is 1.36. The summed E-state index contributed by atoms with van der Waals surface area (Å²) >= 11 is 5.68. The Bertz CT molecular complexity index is 265. The first-order valence-corrected chi connectivity index (χ1v) is 4.92. The van der Waals surface area contributed by atoms with E-state index >= 15 is 0 Å². The lowest BCUT2D eigenvalue weighted by atomic mass is 10.4. The van der Waals surface area contributed by atoms with Gasteiger partial charge >= 0.3 is 0 Å². The highest BCUT2D eigenvalue weighted by Gasteiger charge is 2.04. The topological polar surface area (TPSA) is 29.0 Å². The molecule has 1 rings (SSSR count). The van der Waals surface area contributed by atoms with Gasteiger partial charge in [-0.2, -0.15) is 0 Å². The molecule has 0 radical (unpaired) electrons. The summed E-state index contributed by atoms with van der Waals surface area (Å²) in [5.41, 5.74) is 0. The Morgan fingerprint density at radius 3 is 2.85 bits per heavy atom. The number of hydrogen-bond donors (Lipinski definition) is 0. The fraction of sp³-hybridized carbons (Fsp3) is 0.556. The van der Waals surface area contributed by atoms with Crippen LogP contribution >= 0.6 is 11.6 Å². The van der Waals surface area contributed by atoms with Gasteiger partial charge in [0, 0.05) is 25.2 Å². The molecule has 0 bridgehead atoms. The molecule has 72 valence electrons. The summed E-state index contributed by atoms with van der Waals surface area (Å²) in [6, 6.07) is 1.91. The van der Waals surface area contributed by atoms with Gasteiger partial charge in [-0.15, -0.1) is 11.6 Å². The van der Waals surface area contributed by atoms with Crippen molar-refractivity contribution in [2.24, 2.45) is 0 Å². The van der Waals surface area contributed by atoms with Gasteiger partial charge in [0.1, 0.15) is 11.6 Å². The summed E-state index contributed by atoms with van der Waals surface area (Å²) < 4.78 is 0. The van der Waals surface area contributed by atoms with Crippen LogP contribution in [0.5, 0.6) is 0 Å². The van der Waals surface area contributed by atoms with Gasteiger partial charge in [0.15, 0.2) is 0 Å². The van der Waals surface area contributed by atoms with Crippen molar-refractivity contribution in [2.75, 3.05) is 23.9 Å². The Hall–Kier alpha value is -0.830. The summed E-state index contributed by atoms with van der Waals surface area (Å²) in [6.45, 7) is 5.72. The Labute approximate surface area is 83.8 Å². The molecule has 0 fully saturated rings. The van der Waals surface area contributed by atoms with Crippen molar-refractivity contribution < 1.29 is 0 Å². The zero-order valence-corrected chi connectivity index (χ0v) is 8.75. The Balaban J connectivity index is 2.78. The van der Waals surface area contributed by atoms with E-state index in [0.717, 1.165) is 24.7 Å². The smallest absolute Gasteiger partial charge is 0.132 e. The van der Waals surface area contributed by atoms with Gasteiger partial charge in [-0.05, 0) is 19.9 Å². The van der Waals surface area contributed by atoms with Crippen molar-refractivity contribution >= 4 is 17.4 Å². The highest BCUT2D eigenvalue weighted by atomic mass is 35.5. The molecule has 13 heavy (non-hydrogen) atoms. The van der Waals surface area contributed by atoms with E-state index in [-0.39, 0.29) is 0 Å². The van der Waals surface area contributed by atoms with E-state index in [0.29, 0.717) is 5.88 Å². The monoisotopic (exact) mass is 199 g/mol. The van der Waals surface area contributed by atoms with Crippen LogP contribution in [0.4, 0.5) is 5.82 Å². The van der Waals surface area contributed by atoms with Gasteiger partial charge in [-0.25, -0.2) is 9.97 Å². The Morgan fingerprint density at radius 1 is 1.54 bits per heavy atom. The minimum absolute atomic E-state index is 0.622. The number of anilines is 1. The van der Waals surface area contributed by atoms with Crippen LogP contribution in [0.2, 0.25) is 0 Å². The van der Waals surface area contributed by atoms with E-state index in [1.54, 1.807) is 6.20 Å². The Morgan fingerprint density at radius 2 is 2.31 bits per heavy atom. The van der Waals surface area contributed by atoms with Gasteiger partial charge in [0.05, 0.1) is 0 Å². The van der Waals surface area contributed by atoms with E-state index < -0.39 is 0 Å². The van der Waals surface area contributed by atoms with Crippen LogP contribution in [-0.2, 0) is 0 Å². The molecule has 1 aromatic rings. The van der Waals surface area contributed by atoms with Gasteiger partial charge in [0.2, 0.25) is 0 Å². The predicted molar refractivity (Wildman–Crippen MR) is 55.4 cm³/mol. The number of halogens is 1. The number of hydrogen-bond acceptors (Lipinski definition) is 3. The molecule has 0 atom stereocenters. The third kappa shape index (κ3) is 2.84. The average molecular weight is 200 g/mol. The van der Waals surface area contributed by atoms with Gasteiger partial charge in [-0.3, -0.25) is 0 Å². The molecule has 0 aromatic carbocycles.